The van der Waals surface area contributed by atoms with E-state index in [1.807, 2.05) is 6.08 Å². The fourth-order valence-electron chi connectivity index (χ4n) is 2.05. The van der Waals surface area contributed by atoms with Crippen LogP contribution in [0.2, 0.25) is 0 Å². The van der Waals surface area contributed by atoms with Crippen LogP contribution in [0.5, 0.6) is 0 Å². The highest BCUT2D eigenvalue weighted by atomic mass is 16.5. The van der Waals surface area contributed by atoms with E-state index in [9.17, 15) is 0 Å². The summed E-state index contributed by atoms with van der Waals surface area (Å²) in [7, 11) is 0. The van der Waals surface area contributed by atoms with Crippen LogP contribution in [0.3, 0.4) is 0 Å². The maximum atomic E-state index is 5.37. The van der Waals surface area contributed by atoms with Crippen molar-refractivity contribution in [3.8, 4) is 0 Å². The number of ether oxygens (including phenoxy) is 1. The van der Waals surface area contributed by atoms with Gasteiger partial charge in [0.05, 0.1) is 13.2 Å². The summed E-state index contributed by atoms with van der Waals surface area (Å²) in [6, 6.07) is 0.459. The summed E-state index contributed by atoms with van der Waals surface area (Å²) in [6.07, 6.45) is 3.92. The van der Waals surface area contributed by atoms with Gasteiger partial charge < -0.3 is 4.74 Å². The van der Waals surface area contributed by atoms with Crippen molar-refractivity contribution < 1.29 is 4.74 Å². The van der Waals surface area contributed by atoms with Crippen LogP contribution < -0.4 is 0 Å². The van der Waals surface area contributed by atoms with Gasteiger partial charge in [-0.3, -0.25) is 4.90 Å². The fraction of sp³-hybridized carbons (Fsp3) is 0.571. The lowest BCUT2D eigenvalue weighted by molar-refractivity contribution is 0.0223. The molecule has 1 aliphatic heterocycles. The normalized spacial score (nSPS) is 19.1. The summed E-state index contributed by atoms with van der Waals surface area (Å²) in [5, 5.41) is 0. The Kier molecular flexibility index (Phi) is 5.50. The lowest BCUT2D eigenvalue weighted by atomic mass is 9.99. The van der Waals surface area contributed by atoms with Gasteiger partial charge in [0.2, 0.25) is 0 Å². The highest BCUT2D eigenvalue weighted by Crippen LogP contribution is 2.18. The van der Waals surface area contributed by atoms with Gasteiger partial charge in [-0.05, 0) is 19.8 Å². The Labute approximate surface area is 99.3 Å². The van der Waals surface area contributed by atoms with Crippen molar-refractivity contribution in [2.75, 3.05) is 26.3 Å². The minimum absolute atomic E-state index is 0.459. The van der Waals surface area contributed by atoms with Gasteiger partial charge in [0.1, 0.15) is 0 Å². The van der Waals surface area contributed by atoms with Crippen molar-refractivity contribution in [2.45, 2.75) is 25.8 Å². The second-order valence-electron chi connectivity index (χ2n) is 4.41. The molecule has 0 radical (unpaired) electrons. The second kappa shape index (κ2) is 6.66. The van der Waals surface area contributed by atoms with Gasteiger partial charge in [0.25, 0.3) is 0 Å². The Balaban J connectivity index is 2.49. The molecule has 0 aliphatic carbocycles. The van der Waals surface area contributed by atoms with E-state index in [4.69, 9.17) is 4.74 Å². The number of hydrogen-bond donors (Lipinski definition) is 0. The highest BCUT2D eigenvalue weighted by Gasteiger charge is 2.20. The third-order valence-electron chi connectivity index (χ3n) is 3.08. The molecule has 0 amide bonds. The molecule has 16 heavy (non-hydrogen) atoms. The summed E-state index contributed by atoms with van der Waals surface area (Å²) in [5.74, 6) is 0. The molecule has 90 valence electrons. The highest BCUT2D eigenvalue weighted by molar-refractivity contribution is 5.13. The van der Waals surface area contributed by atoms with E-state index >= 15 is 0 Å². The molecule has 1 atom stereocenters. The molecule has 0 N–H and O–H groups in total. The zero-order chi connectivity index (χ0) is 12.0. The topological polar surface area (TPSA) is 12.5 Å². The monoisotopic (exact) mass is 221 g/mol. The molecule has 2 nitrogen and oxygen atoms in total. The molecule has 0 aromatic heterocycles. The predicted octanol–water partition coefficient (Wildman–Crippen LogP) is 2.79. The number of rotatable bonds is 6. The van der Waals surface area contributed by atoms with E-state index in [1.54, 1.807) is 0 Å². The third kappa shape index (κ3) is 3.95. The van der Waals surface area contributed by atoms with Crippen LogP contribution in [0.1, 0.15) is 19.8 Å². The first-order valence-corrected chi connectivity index (χ1v) is 5.92. The van der Waals surface area contributed by atoms with E-state index in [0.717, 1.165) is 44.7 Å². The van der Waals surface area contributed by atoms with Gasteiger partial charge in [0.15, 0.2) is 0 Å². The molecule has 2 heteroatoms. The third-order valence-corrected chi connectivity index (χ3v) is 3.08. The standard InChI is InChI=1S/C14H23NO/c1-5-13(4)6-7-14(12(2)3)15-8-10-16-11-9-15/h5,14H,1-2,4,6-11H2,3H3. The molecule has 0 spiro atoms. The van der Waals surface area contributed by atoms with Crippen molar-refractivity contribution in [2.24, 2.45) is 0 Å². The van der Waals surface area contributed by atoms with E-state index in [0.29, 0.717) is 6.04 Å². The van der Waals surface area contributed by atoms with Crippen molar-refractivity contribution in [3.63, 3.8) is 0 Å². The van der Waals surface area contributed by atoms with Gasteiger partial charge in [-0.25, -0.2) is 0 Å². The van der Waals surface area contributed by atoms with Crippen molar-refractivity contribution >= 4 is 0 Å². The first-order valence-electron chi connectivity index (χ1n) is 5.92. The molecule has 0 bridgehead atoms. The maximum absolute atomic E-state index is 5.37. The zero-order valence-electron chi connectivity index (χ0n) is 10.4. The Morgan fingerprint density at radius 1 is 1.38 bits per heavy atom. The average molecular weight is 221 g/mol. The predicted molar refractivity (Wildman–Crippen MR) is 69.6 cm³/mol. The van der Waals surface area contributed by atoms with Crippen LogP contribution in [0.4, 0.5) is 0 Å². The van der Waals surface area contributed by atoms with Gasteiger partial charge in [-0.15, -0.1) is 0 Å². The van der Waals surface area contributed by atoms with Crippen LogP contribution in [0, 0.1) is 0 Å². The lowest BCUT2D eigenvalue weighted by Crippen LogP contribution is -2.44. The maximum Gasteiger partial charge on any atom is 0.0594 e. The minimum atomic E-state index is 0.459. The second-order valence-corrected chi connectivity index (χ2v) is 4.41. The molecule has 0 aromatic rings. The summed E-state index contributed by atoms with van der Waals surface area (Å²) >= 11 is 0. The van der Waals surface area contributed by atoms with Crippen LogP contribution in [0.15, 0.2) is 37.0 Å². The van der Waals surface area contributed by atoms with Gasteiger partial charge in [0, 0.05) is 19.1 Å². The molecule has 0 aromatic carbocycles. The summed E-state index contributed by atoms with van der Waals surface area (Å²) in [5.41, 5.74) is 2.35. The molecule has 1 rings (SSSR count). The Morgan fingerprint density at radius 3 is 2.50 bits per heavy atom. The van der Waals surface area contributed by atoms with Crippen LogP contribution >= 0.6 is 0 Å². The van der Waals surface area contributed by atoms with Crippen LogP contribution in [-0.2, 0) is 4.74 Å². The van der Waals surface area contributed by atoms with Crippen molar-refractivity contribution in [1.82, 2.24) is 4.90 Å². The van der Waals surface area contributed by atoms with Crippen LogP contribution in [-0.4, -0.2) is 37.2 Å². The molecule has 1 fully saturated rings. The molecule has 1 saturated heterocycles. The molecule has 1 unspecified atom stereocenters. The first kappa shape index (κ1) is 13.2. The van der Waals surface area contributed by atoms with E-state index < -0.39 is 0 Å². The quantitative estimate of drug-likeness (QED) is 0.505. The van der Waals surface area contributed by atoms with E-state index in [-0.39, 0.29) is 0 Å². The van der Waals surface area contributed by atoms with E-state index in [1.165, 1.54) is 5.57 Å². The molecule has 0 saturated carbocycles. The molecular weight excluding hydrogens is 198 g/mol. The Bertz CT molecular complexity index is 264. The molecule has 1 heterocycles. The first-order chi connectivity index (χ1) is 7.65. The molecule has 1 aliphatic rings. The Morgan fingerprint density at radius 2 is 2.00 bits per heavy atom. The molecular formula is C14H23NO. The largest absolute Gasteiger partial charge is 0.379 e. The fourth-order valence-corrected chi connectivity index (χ4v) is 2.05. The summed E-state index contributed by atoms with van der Waals surface area (Å²) in [4.78, 5) is 2.46. The number of nitrogens with zero attached hydrogens (tertiary/aromatic N) is 1. The SMILES string of the molecule is C=CC(=C)CCC(C(=C)C)N1CCOCC1. The van der Waals surface area contributed by atoms with Crippen LogP contribution in [0.25, 0.3) is 0 Å². The average Bonchev–Trinajstić information content (AvgIpc) is 2.30. The van der Waals surface area contributed by atoms with Gasteiger partial charge >= 0.3 is 0 Å². The Hall–Kier alpha value is -0.860. The minimum Gasteiger partial charge on any atom is -0.379 e. The summed E-state index contributed by atoms with van der Waals surface area (Å²) < 4.78 is 5.37. The lowest BCUT2D eigenvalue weighted by Gasteiger charge is -2.35. The smallest absolute Gasteiger partial charge is 0.0594 e. The zero-order valence-corrected chi connectivity index (χ0v) is 10.4. The van der Waals surface area contributed by atoms with Crippen molar-refractivity contribution in [3.05, 3.63) is 37.0 Å². The number of allylic oxidation sites excluding steroid dienone is 2. The van der Waals surface area contributed by atoms with Crippen molar-refractivity contribution in [1.29, 1.82) is 0 Å². The summed E-state index contributed by atoms with van der Waals surface area (Å²) in [6.45, 7) is 17.6. The van der Waals surface area contributed by atoms with Gasteiger partial charge in [-0.2, -0.15) is 0 Å². The van der Waals surface area contributed by atoms with Gasteiger partial charge in [-0.1, -0.05) is 37.0 Å². The van der Waals surface area contributed by atoms with E-state index in [2.05, 4.69) is 31.6 Å². The number of morpholine rings is 1. The number of hydrogen-bond acceptors (Lipinski definition) is 2.